The molecule has 2 N–H and O–H groups in total. The maximum absolute atomic E-state index is 6.05. The van der Waals surface area contributed by atoms with Gasteiger partial charge >= 0.3 is 0 Å². The van der Waals surface area contributed by atoms with Crippen LogP contribution in [0.15, 0.2) is 0 Å². The van der Waals surface area contributed by atoms with Gasteiger partial charge in [0.25, 0.3) is 0 Å². The lowest BCUT2D eigenvalue weighted by atomic mass is 9.83. The first-order valence-electron chi connectivity index (χ1n) is 4.68. The van der Waals surface area contributed by atoms with Crippen molar-refractivity contribution in [3.63, 3.8) is 0 Å². The van der Waals surface area contributed by atoms with Gasteiger partial charge in [0.1, 0.15) is 0 Å². The Bertz CT molecular complexity index is 105. The van der Waals surface area contributed by atoms with E-state index in [1.165, 1.54) is 0 Å². The normalized spacial score (nSPS) is 19.9. The minimum Gasteiger partial charge on any atom is -0.325 e. The van der Waals surface area contributed by atoms with E-state index in [1.54, 1.807) is 0 Å². The first-order valence-corrected chi connectivity index (χ1v) is 4.68. The molecule has 0 amide bonds. The van der Waals surface area contributed by atoms with Crippen LogP contribution in [-0.4, -0.2) is 5.54 Å². The molecule has 68 valence electrons. The van der Waals surface area contributed by atoms with Gasteiger partial charge in [-0.3, -0.25) is 0 Å². The van der Waals surface area contributed by atoms with Gasteiger partial charge in [-0.15, -0.1) is 0 Å². The van der Waals surface area contributed by atoms with Crippen molar-refractivity contribution in [1.82, 2.24) is 0 Å². The Morgan fingerprint density at radius 1 is 1.27 bits per heavy atom. The summed E-state index contributed by atoms with van der Waals surface area (Å²) < 4.78 is 0. The molecule has 0 aromatic rings. The molecule has 0 bridgehead atoms. The van der Waals surface area contributed by atoms with Crippen LogP contribution in [0.2, 0.25) is 0 Å². The van der Waals surface area contributed by atoms with E-state index in [9.17, 15) is 0 Å². The fraction of sp³-hybridized carbons (Fsp3) is 1.00. The second kappa shape index (κ2) is 4.10. The second-order valence-corrected chi connectivity index (χ2v) is 4.43. The zero-order valence-corrected chi connectivity index (χ0v) is 8.65. The third-order valence-corrected chi connectivity index (χ3v) is 2.73. The summed E-state index contributed by atoms with van der Waals surface area (Å²) >= 11 is 0. The highest BCUT2D eigenvalue weighted by atomic mass is 14.7. The highest BCUT2D eigenvalue weighted by Gasteiger charge is 2.20. The van der Waals surface area contributed by atoms with Crippen molar-refractivity contribution in [2.24, 2.45) is 17.6 Å². The summed E-state index contributed by atoms with van der Waals surface area (Å²) in [4.78, 5) is 0. The molecule has 0 aromatic carbocycles. The monoisotopic (exact) mass is 157 g/mol. The summed E-state index contributed by atoms with van der Waals surface area (Å²) in [6.07, 6.45) is 2.21. The molecular weight excluding hydrogens is 134 g/mol. The summed E-state index contributed by atoms with van der Waals surface area (Å²) in [7, 11) is 0. The molecule has 0 aliphatic heterocycles. The molecule has 0 heterocycles. The summed E-state index contributed by atoms with van der Waals surface area (Å²) in [5.74, 6) is 1.49. The first kappa shape index (κ1) is 11.0. The van der Waals surface area contributed by atoms with Crippen molar-refractivity contribution in [3.8, 4) is 0 Å². The quantitative estimate of drug-likeness (QED) is 0.667. The van der Waals surface area contributed by atoms with Gasteiger partial charge in [-0.1, -0.05) is 27.7 Å². The number of hydrogen-bond donors (Lipinski definition) is 1. The van der Waals surface area contributed by atoms with Crippen molar-refractivity contribution in [1.29, 1.82) is 0 Å². The molecule has 0 aliphatic carbocycles. The van der Waals surface area contributed by atoms with Crippen LogP contribution in [-0.2, 0) is 0 Å². The van der Waals surface area contributed by atoms with Gasteiger partial charge in [0.15, 0.2) is 0 Å². The topological polar surface area (TPSA) is 26.0 Å². The minimum atomic E-state index is 0.0453. The van der Waals surface area contributed by atoms with E-state index >= 15 is 0 Å². The fourth-order valence-electron chi connectivity index (χ4n) is 1.12. The van der Waals surface area contributed by atoms with Crippen LogP contribution in [0.25, 0.3) is 0 Å². The molecule has 2 unspecified atom stereocenters. The second-order valence-electron chi connectivity index (χ2n) is 4.43. The molecule has 0 radical (unpaired) electrons. The Hall–Kier alpha value is -0.0400. The molecule has 0 aromatic heterocycles. The summed E-state index contributed by atoms with van der Waals surface area (Å²) in [6.45, 7) is 11.1. The van der Waals surface area contributed by atoms with Gasteiger partial charge in [-0.25, -0.2) is 0 Å². The Morgan fingerprint density at radius 2 is 1.73 bits per heavy atom. The number of rotatable bonds is 4. The molecule has 0 spiro atoms. The van der Waals surface area contributed by atoms with Crippen LogP contribution in [0.5, 0.6) is 0 Å². The van der Waals surface area contributed by atoms with E-state index in [0.29, 0.717) is 0 Å². The average molecular weight is 157 g/mol. The third kappa shape index (κ3) is 4.41. The van der Waals surface area contributed by atoms with Crippen LogP contribution in [0, 0.1) is 11.8 Å². The molecule has 0 fully saturated rings. The van der Waals surface area contributed by atoms with Gasteiger partial charge in [0, 0.05) is 5.54 Å². The highest BCUT2D eigenvalue weighted by Crippen LogP contribution is 2.22. The summed E-state index contributed by atoms with van der Waals surface area (Å²) in [5.41, 5.74) is 6.10. The zero-order valence-electron chi connectivity index (χ0n) is 8.65. The Kier molecular flexibility index (Phi) is 4.09. The lowest BCUT2D eigenvalue weighted by Gasteiger charge is -2.28. The van der Waals surface area contributed by atoms with Gasteiger partial charge < -0.3 is 5.73 Å². The Morgan fingerprint density at radius 3 is 2.00 bits per heavy atom. The standard InChI is InChI=1S/C10H23N/c1-6-10(5,11)7-9(4)8(2)3/h8-9H,6-7,11H2,1-5H3. The van der Waals surface area contributed by atoms with Crippen LogP contribution < -0.4 is 5.73 Å². The largest absolute Gasteiger partial charge is 0.325 e. The summed E-state index contributed by atoms with van der Waals surface area (Å²) in [5, 5.41) is 0. The molecule has 0 saturated carbocycles. The fourth-order valence-corrected chi connectivity index (χ4v) is 1.12. The molecule has 0 rings (SSSR count). The van der Waals surface area contributed by atoms with Crippen molar-refractivity contribution in [2.75, 3.05) is 0 Å². The maximum atomic E-state index is 6.05. The van der Waals surface area contributed by atoms with Crippen LogP contribution in [0.3, 0.4) is 0 Å². The van der Waals surface area contributed by atoms with Crippen molar-refractivity contribution >= 4 is 0 Å². The molecule has 2 atom stereocenters. The molecule has 11 heavy (non-hydrogen) atoms. The van der Waals surface area contributed by atoms with Crippen molar-refractivity contribution < 1.29 is 0 Å². The molecule has 1 nitrogen and oxygen atoms in total. The van der Waals surface area contributed by atoms with E-state index < -0.39 is 0 Å². The van der Waals surface area contributed by atoms with Crippen molar-refractivity contribution in [3.05, 3.63) is 0 Å². The molecule has 0 aliphatic rings. The lowest BCUT2D eigenvalue weighted by Crippen LogP contribution is -2.37. The summed E-state index contributed by atoms with van der Waals surface area (Å²) in [6, 6.07) is 0. The van der Waals surface area contributed by atoms with Crippen LogP contribution >= 0.6 is 0 Å². The van der Waals surface area contributed by atoms with Gasteiger partial charge in [-0.2, -0.15) is 0 Å². The third-order valence-electron chi connectivity index (χ3n) is 2.73. The van der Waals surface area contributed by atoms with Crippen LogP contribution in [0.1, 0.15) is 47.5 Å². The molecule has 1 heteroatoms. The number of hydrogen-bond acceptors (Lipinski definition) is 1. The minimum absolute atomic E-state index is 0.0453. The van der Waals surface area contributed by atoms with E-state index in [1.807, 2.05) is 0 Å². The molecule has 0 saturated heterocycles. The highest BCUT2D eigenvalue weighted by molar-refractivity contribution is 4.79. The van der Waals surface area contributed by atoms with Crippen LogP contribution in [0.4, 0.5) is 0 Å². The predicted molar refractivity (Wildman–Crippen MR) is 51.5 cm³/mol. The zero-order chi connectivity index (χ0) is 9.07. The first-order chi connectivity index (χ1) is 4.89. The average Bonchev–Trinajstić information content (AvgIpc) is 1.87. The SMILES string of the molecule is CCC(C)(N)CC(C)C(C)C. The van der Waals surface area contributed by atoms with E-state index in [-0.39, 0.29) is 5.54 Å². The number of nitrogens with two attached hydrogens (primary N) is 1. The van der Waals surface area contributed by atoms with E-state index in [4.69, 9.17) is 5.73 Å². The van der Waals surface area contributed by atoms with Gasteiger partial charge in [0.05, 0.1) is 0 Å². The van der Waals surface area contributed by atoms with Gasteiger partial charge in [-0.05, 0) is 31.6 Å². The Labute approximate surface area is 71.4 Å². The predicted octanol–water partition coefficient (Wildman–Crippen LogP) is 2.80. The lowest BCUT2D eigenvalue weighted by molar-refractivity contribution is 0.289. The van der Waals surface area contributed by atoms with Gasteiger partial charge in [0.2, 0.25) is 0 Å². The smallest absolute Gasteiger partial charge is 0.0125 e. The maximum Gasteiger partial charge on any atom is 0.0125 e. The molecular formula is C10H23N. The van der Waals surface area contributed by atoms with E-state index in [2.05, 4.69) is 34.6 Å². The Balaban J connectivity index is 3.83. The van der Waals surface area contributed by atoms with Crippen molar-refractivity contribution in [2.45, 2.75) is 53.0 Å². The van der Waals surface area contributed by atoms with E-state index in [0.717, 1.165) is 24.7 Å².